The summed E-state index contributed by atoms with van der Waals surface area (Å²) in [6.07, 6.45) is 0. The van der Waals surface area contributed by atoms with Crippen LogP contribution in [0.5, 0.6) is 5.75 Å². The van der Waals surface area contributed by atoms with E-state index in [4.69, 9.17) is 9.47 Å². The van der Waals surface area contributed by atoms with Gasteiger partial charge < -0.3 is 14.5 Å². The molecule has 0 atom stereocenters. The lowest BCUT2D eigenvalue weighted by atomic mass is 10.3. The maximum Gasteiger partial charge on any atom is 0.316 e. The molecule has 2 rings (SSSR count). The number of hydrogen-bond acceptors (Lipinski definition) is 5. The molecule has 0 saturated heterocycles. The first-order chi connectivity index (χ1) is 9.22. The zero-order chi connectivity index (χ0) is 13.7. The van der Waals surface area contributed by atoms with Gasteiger partial charge in [0.25, 0.3) is 0 Å². The van der Waals surface area contributed by atoms with Gasteiger partial charge >= 0.3 is 5.97 Å². The van der Waals surface area contributed by atoms with Gasteiger partial charge in [-0.1, -0.05) is 11.8 Å². The van der Waals surface area contributed by atoms with Crippen molar-refractivity contribution in [3.8, 4) is 5.75 Å². The van der Waals surface area contributed by atoms with Crippen LogP contribution in [0.15, 0.2) is 23.4 Å². The Morgan fingerprint density at radius 1 is 1.37 bits per heavy atom. The normalized spacial score (nSPS) is 10.6. The summed E-state index contributed by atoms with van der Waals surface area (Å²) in [4.78, 5) is 18.8. The van der Waals surface area contributed by atoms with Crippen molar-refractivity contribution in [1.82, 2.24) is 9.97 Å². The van der Waals surface area contributed by atoms with Crippen LogP contribution in [0, 0.1) is 0 Å². The van der Waals surface area contributed by atoms with Crippen LogP contribution >= 0.6 is 11.8 Å². The molecule has 0 bridgehead atoms. The number of carbonyl (C=O) groups excluding carboxylic acids is 1. The minimum absolute atomic E-state index is 0.233. The van der Waals surface area contributed by atoms with Crippen molar-refractivity contribution >= 4 is 28.8 Å². The van der Waals surface area contributed by atoms with Crippen LogP contribution < -0.4 is 4.74 Å². The first kappa shape index (κ1) is 13.7. The van der Waals surface area contributed by atoms with Crippen LogP contribution in [0.2, 0.25) is 0 Å². The number of nitrogens with zero attached hydrogens (tertiary/aromatic N) is 1. The van der Waals surface area contributed by atoms with Crippen molar-refractivity contribution in [2.75, 3.05) is 19.0 Å². The van der Waals surface area contributed by atoms with E-state index in [0.717, 1.165) is 16.8 Å². The van der Waals surface area contributed by atoms with Gasteiger partial charge in [-0.05, 0) is 26.0 Å². The molecule has 102 valence electrons. The molecule has 0 aliphatic rings. The van der Waals surface area contributed by atoms with Crippen molar-refractivity contribution < 1.29 is 14.3 Å². The number of H-pyrrole nitrogens is 1. The topological polar surface area (TPSA) is 64.2 Å². The van der Waals surface area contributed by atoms with E-state index in [0.29, 0.717) is 18.4 Å². The third kappa shape index (κ3) is 3.64. The fourth-order valence-electron chi connectivity index (χ4n) is 1.62. The fourth-order valence-corrected chi connectivity index (χ4v) is 2.30. The quantitative estimate of drug-likeness (QED) is 0.651. The Morgan fingerprint density at radius 3 is 2.95 bits per heavy atom. The Hall–Kier alpha value is -1.69. The van der Waals surface area contributed by atoms with Crippen LogP contribution in [0.25, 0.3) is 11.0 Å². The summed E-state index contributed by atoms with van der Waals surface area (Å²) in [5.41, 5.74) is 1.76. The number of hydrogen-bond donors (Lipinski definition) is 1. The highest BCUT2D eigenvalue weighted by Gasteiger charge is 2.08. The Morgan fingerprint density at radius 2 is 2.21 bits per heavy atom. The highest BCUT2D eigenvalue weighted by atomic mass is 32.2. The van der Waals surface area contributed by atoms with E-state index in [1.807, 2.05) is 25.1 Å². The second-order valence-corrected chi connectivity index (χ2v) is 4.71. The summed E-state index contributed by atoms with van der Waals surface area (Å²) in [7, 11) is 0. The highest BCUT2D eigenvalue weighted by Crippen LogP contribution is 2.23. The molecule has 5 nitrogen and oxygen atoms in total. The molecule has 0 unspecified atom stereocenters. The molecule has 1 aromatic heterocycles. The molecule has 1 aromatic carbocycles. The van der Waals surface area contributed by atoms with Gasteiger partial charge in [-0.2, -0.15) is 0 Å². The zero-order valence-corrected chi connectivity index (χ0v) is 11.8. The molecule has 19 heavy (non-hydrogen) atoms. The number of aromatic amines is 1. The van der Waals surface area contributed by atoms with Crippen molar-refractivity contribution in [2.24, 2.45) is 0 Å². The Labute approximate surface area is 115 Å². The van der Waals surface area contributed by atoms with Gasteiger partial charge in [0.1, 0.15) is 5.75 Å². The molecular weight excluding hydrogens is 264 g/mol. The molecule has 0 aliphatic heterocycles. The van der Waals surface area contributed by atoms with Gasteiger partial charge in [-0.15, -0.1) is 0 Å². The molecular formula is C13H16N2O3S. The van der Waals surface area contributed by atoms with Crippen LogP contribution in [0.4, 0.5) is 0 Å². The minimum Gasteiger partial charge on any atom is -0.494 e. The lowest BCUT2D eigenvalue weighted by molar-refractivity contribution is -0.139. The van der Waals surface area contributed by atoms with Crippen LogP contribution in [0.1, 0.15) is 13.8 Å². The lowest BCUT2D eigenvalue weighted by Crippen LogP contribution is -2.06. The van der Waals surface area contributed by atoms with Crippen molar-refractivity contribution in [1.29, 1.82) is 0 Å². The fraction of sp³-hybridized carbons (Fsp3) is 0.385. The lowest BCUT2D eigenvalue weighted by Gasteiger charge is -2.00. The Kier molecular flexibility index (Phi) is 4.68. The second kappa shape index (κ2) is 6.47. The number of imidazole rings is 1. The molecule has 0 saturated carbocycles. The summed E-state index contributed by atoms with van der Waals surface area (Å²) in [5.74, 6) is 0.829. The molecule has 0 aliphatic carbocycles. The summed E-state index contributed by atoms with van der Waals surface area (Å²) in [5, 5.41) is 0.705. The number of carbonyl (C=O) groups is 1. The van der Waals surface area contributed by atoms with Gasteiger partial charge in [0.05, 0.1) is 30.0 Å². The van der Waals surface area contributed by atoms with E-state index in [2.05, 4.69) is 9.97 Å². The van der Waals surface area contributed by atoms with Crippen molar-refractivity contribution in [2.45, 2.75) is 19.0 Å². The monoisotopic (exact) mass is 280 g/mol. The average Bonchev–Trinajstić information content (AvgIpc) is 2.79. The highest BCUT2D eigenvalue weighted by molar-refractivity contribution is 7.99. The van der Waals surface area contributed by atoms with E-state index in [-0.39, 0.29) is 11.7 Å². The smallest absolute Gasteiger partial charge is 0.316 e. The largest absolute Gasteiger partial charge is 0.494 e. The Bertz CT molecular complexity index is 568. The minimum atomic E-state index is -0.233. The molecule has 0 fully saturated rings. The van der Waals surface area contributed by atoms with Gasteiger partial charge in [-0.3, -0.25) is 4.79 Å². The molecule has 0 spiro atoms. The van der Waals surface area contributed by atoms with Gasteiger partial charge in [0.15, 0.2) is 5.16 Å². The van der Waals surface area contributed by atoms with E-state index in [1.165, 1.54) is 11.8 Å². The third-order valence-corrected chi connectivity index (χ3v) is 3.22. The molecule has 1 N–H and O–H groups in total. The Balaban J connectivity index is 2.06. The first-order valence-electron chi connectivity index (χ1n) is 6.14. The third-order valence-electron chi connectivity index (χ3n) is 2.37. The van der Waals surface area contributed by atoms with E-state index in [1.54, 1.807) is 6.92 Å². The van der Waals surface area contributed by atoms with E-state index >= 15 is 0 Å². The number of rotatable bonds is 6. The summed E-state index contributed by atoms with van der Waals surface area (Å²) in [6.45, 7) is 4.76. The van der Waals surface area contributed by atoms with Gasteiger partial charge in [0, 0.05) is 6.07 Å². The number of fused-ring (bicyclic) bond motifs is 1. The van der Waals surface area contributed by atoms with Gasteiger partial charge in [-0.25, -0.2) is 4.98 Å². The standard InChI is InChI=1S/C13H16N2O3S/c1-3-17-9-5-6-10-11(7-9)15-13(14-10)19-8-12(16)18-4-2/h5-7H,3-4,8H2,1-2H3,(H,14,15). The maximum atomic E-state index is 11.3. The number of esters is 1. The summed E-state index contributed by atoms with van der Waals surface area (Å²) in [6, 6.07) is 5.68. The summed E-state index contributed by atoms with van der Waals surface area (Å²) < 4.78 is 10.3. The maximum absolute atomic E-state index is 11.3. The van der Waals surface area contributed by atoms with E-state index in [9.17, 15) is 4.79 Å². The van der Waals surface area contributed by atoms with Crippen LogP contribution in [-0.2, 0) is 9.53 Å². The zero-order valence-electron chi connectivity index (χ0n) is 10.9. The number of aromatic nitrogens is 2. The molecule has 0 amide bonds. The first-order valence-corrected chi connectivity index (χ1v) is 7.12. The van der Waals surface area contributed by atoms with Crippen molar-refractivity contribution in [3.05, 3.63) is 18.2 Å². The number of thioether (sulfide) groups is 1. The SMILES string of the molecule is CCOC(=O)CSc1nc2ccc(OCC)cc2[nH]1. The molecule has 2 aromatic rings. The molecule has 0 radical (unpaired) electrons. The number of ether oxygens (including phenoxy) is 2. The summed E-state index contributed by atoms with van der Waals surface area (Å²) >= 11 is 1.33. The van der Waals surface area contributed by atoms with Gasteiger partial charge in [0.2, 0.25) is 0 Å². The van der Waals surface area contributed by atoms with Crippen LogP contribution in [0.3, 0.4) is 0 Å². The molecule has 6 heteroatoms. The average molecular weight is 280 g/mol. The number of benzene rings is 1. The van der Waals surface area contributed by atoms with Crippen LogP contribution in [-0.4, -0.2) is 34.9 Å². The second-order valence-electron chi connectivity index (χ2n) is 3.75. The van der Waals surface area contributed by atoms with E-state index < -0.39 is 0 Å². The van der Waals surface area contributed by atoms with Crippen molar-refractivity contribution in [3.63, 3.8) is 0 Å². The number of nitrogens with one attached hydrogen (secondary N) is 1. The predicted octanol–water partition coefficient (Wildman–Crippen LogP) is 2.62. The molecule has 1 heterocycles. The predicted molar refractivity (Wildman–Crippen MR) is 74.6 cm³/mol.